The third-order valence-electron chi connectivity index (χ3n) is 4.83. The molecule has 0 radical (unpaired) electrons. The van der Waals surface area contributed by atoms with Crippen LogP contribution in [0.2, 0.25) is 0 Å². The van der Waals surface area contributed by atoms with Crippen LogP contribution in [-0.2, 0) is 16.0 Å². The minimum absolute atomic E-state index is 0.0722. The van der Waals surface area contributed by atoms with E-state index in [4.69, 9.17) is 0 Å². The van der Waals surface area contributed by atoms with Gasteiger partial charge in [0, 0.05) is 24.9 Å². The molecule has 1 unspecified atom stereocenters. The highest BCUT2D eigenvalue weighted by Crippen LogP contribution is 2.37. The van der Waals surface area contributed by atoms with Crippen molar-refractivity contribution in [3.05, 3.63) is 57.5 Å². The molecular formula is C21H25FN2O2S. The van der Waals surface area contributed by atoms with Crippen molar-refractivity contribution in [2.24, 2.45) is 5.92 Å². The third-order valence-corrected chi connectivity index (χ3v) is 5.83. The minimum Gasteiger partial charge on any atom is -0.333 e. The van der Waals surface area contributed by atoms with Gasteiger partial charge in [0.2, 0.25) is 11.8 Å². The topological polar surface area (TPSA) is 40.6 Å². The molecule has 0 bridgehead atoms. The van der Waals surface area contributed by atoms with Crippen molar-refractivity contribution in [1.29, 1.82) is 0 Å². The summed E-state index contributed by atoms with van der Waals surface area (Å²) in [5, 5.41) is 2.04. The molecule has 1 aliphatic heterocycles. The maximum absolute atomic E-state index is 13.4. The Morgan fingerprint density at radius 1 is 1.26 bits per heavy atom. The number of hydrogen-bond acceptors (Lipinski definition) is 3. The van der Waals surface area contributed by atoms with E-state index in [0.717, 1.165) is 17.5 Å². The molecule has 0 fully saturated rings. The zero-order chi connectivity index (χ0) is 19.6. The molecule has 1 atom stereocenters. The van der Waals surface area contributed by atoms with Gasteiger partial charge >= 0.3 is 0 Å². The fourth-order valence-electron chi connectivity index (χ4n) is 3.59. The Labute approximate surface area is 163 Å². The normalized spacial score (nSPS) is 16.3. The number of carbonyl (C=O) groups is 2. The van der Waals surface area contributed by atoms with Crippen LogP contribution in [0.5, 0.6) is 0 Å². The van der Waals surface area contributed by atoms with Crippen LogP contribution in [0, 0.1) is 11.7 Å². The van der Waals surface area contributed by atoms with E-state index in [2.05, 4.69) is 0 Å². The van der Waals surface area contributed by atoms with E-state index >= 15 is 0 Å². The van der Waals surface area contributed by atoms with Crippen molar-refractivity contribution >= 4 is 23.2 Å². The van der Waals surface area contributed by atoms with Gasteiger partial charge in [0.15, 0.2) is 0 Å². The summed E-state index contributed by atoms with van der Waals surface area (Å²) in [6.45, 7) is 6.78. The van der Waals surface area contributed by atoms with Crippen molar-refractivity contribution in [2.75, 3.05) is 19.6 Å². The summed E-state index contributed by atoms with van der Waals surface area (Å²) < 4.78 is 13.4. The standard InChI is InChI=1S/C21H25FN2O2S/c1-14(2)12-23(15(3)25)13-20(26)24-10-8-19-18(9-11-27-19)21(24)16-4-6-17(22)7-5-16/h4-7,9,11,14,21H,8,10,12-13H2,1-3H3. The summed E-state index contributed by atoms with van der Waals surface area (Å²) in [6.07, 6.45) is 0.806. The van der Waals surface area contributed by atoms with Crippen LogP contribution in [0.3, 0.4) is 0 Å². The molecule has 0 aliphatic carbocycles. The summed E-state index contributed by atoms with van der Waals surface area (Å²) in [6, 6.07) is 8.15. The van der Waals surface area contributed by atoms with Gasteiger partial charge in [-0.15, -0.1) is 11.3 Å². The highest BCUT2D eigenvalue weighted by molar-refractivity contribution is 7.10. The van der Waals surface area contributed by atoms with E-state index in [0.29, 0.717) is 19.0 Å². The molecule has 2 heterocycles. The van der Waals surface area contributed by atoms with Gasteiger partial charge in [0.1, 0.15) is 5.82 Å². The average molecular weight is 389 g/mol. The van der Waals surface area contributed by atoms with Crippen LogP contribution in [-0.4, -0.2) is 41.2 Å². The van der Waals surface area contributed by atoms with Gasteiger partial charge in [0.25, 0.3) is 0 Å². The molecule has 0 N–H and O–H groups in total. The summed E-state index contributed by atoms with van der Waals surface area (Å²) in [7, 11) is 0. The van der Waals surface area contributed by atoms with E-state index in [1.165, 1.54) is 23.9 Å². The molecule has 1 aliphatic rings. The number of thiophene rings is 1. The molecular weight excluding hydrogens is 363 g/mol. The Morgan fingerprint density at radius 2 is 1.96 bits per heavy atom. The van der Waals surface area contributed by atoms with Crippen molar-refractivity contribution in [1.82, 2.24) is 9.80 Å². The molecule has 2 amide bonds. The fraction of sp³-hybridized carbons (Fsp3) is 0.429. The van der Waals surface area contributed by atoms with Crippen molar-refractivity contribution in [2.45, 2.75) is 33.2 Å². The molecule has 0 saturated heterocycles. The van der Waals surface area contributed by atoms with Crippen LogP contribution in [0.25, 0.3) is 0 Å². The highest BCUT2D eigenvalue weighted by Gasteiger charge is 2.33. The molecule has 1 aromatic carbocycles. The lowest BCUT2D eigenvalue weighted by atomic mass is 9.93. The number of fused-ring (bicyclic) bond motifs is 1. The number of rotatable bonds is 5. The Bertz CT molecular complexity index is 816. The molecule has 4 nitrogen and oxygen atoms in total. The summed E-state index contributed by atoms with van der Waals surface area (Å²) in [4.78, 5) is 29.8. The third kappa shape index (κ3) is 4.38. The molecule has 0 saturated carbocycles. The van der Waals surface area contributed by atoms with Gasteiger partial charge in [-0.1, -0.05) is 26.0 Å². The monoisotopic (exact) mass is 388 g/mol. The second kappa shape index (κ2) is 8.21. The quantitative estimate of drug-likeness (QED) is 0.780. The van der Waals surface area contributed by atoms with Crippen molar-refractivity contribution in [3.63, 3.8) is 0 Å². The van der Waals surface area contributed by atoms with E-state index in [1.807, 2.05) is 30.2 Å². The molecule has 0 spiro atoms. The molecule has 6 heteroatoms. The maximum Gasteiger partial charge on any atom is 0.242 e. The summed E-state index contributed by atoms with van der Waals surface area (Å²) in [5.74, 6) is -0.169. The lowest BCUT2D eigenvalue weighted by Crippen LogP contribution is -2.47. The SMILES string of the molecule is CC(=O)N(CC(=O)N1CCc2sccc2C1c1ccc(F)cc1)CC(C)C. The zero-order valence-corrected chi connectivity index (χ0v) is 16.8. The van der Waals surface area contributed by atoms with Crippen LogP contribution < -0.4 is 0 Å². The van der Waals surface area contributed by atoms with E-state index in [-0.39, 0.29) is 30.2 Å². The first-order valence-corrected chi connectivity index (χ1v) is 10.1. The number of amides is 2. The largest absolute Gasteiger partial charge is 0.333 e. The number of benzene rings is 1. The number of carbonyl (C=O) groups excluding carboxylic acids is 2. The smallest absolute Gasteiger partial charge is 0.242 e. The average Bonchev–Trinajstić information content (AvgIpc) is 3.09. The first-order valence-electron chi connectivity index (χ1n) is 9.23. The Kier molecular flexibility index (Phi) is 5.95. The lowest BCUT2D eigenvalue weighted by molar-refractivity contribution is -0.141. The van der Waals surface area contributed by atoms with Gasteiger partial charge in [0.05, 0.1) is 12.6 Å². The van der Waals surface area contributed by atoms with Gasteiger partial charge in [-0.3, -0.25) is 9.59 Å². The van der Waals surface area contributed by atoms with Gasteiger partial charge in [-0.25, -0.2) is 4.39 Å². The maximum atomic E-state index is 13.4. The van der Waals surface area contributed by atoms with Gasteiger partial charge in [-0.2, -0.15) is 0 Å². The van der Waals surface area contributed by atoms with E-state index < -0.39 is 0 Å². The number of halogens is 1. The zero-order valence-electron chi connectivity index (χ0n) is 15.9. The summed E-state index contributed by atoms with van der Waals surface area (Å²) >= 11 is 1.69. The molecule has 27 heavy (non-hydrogen) atoms. The van der Waals surface area contributed by atoms with E-state index in [9.17, 15) is 14.0 Å². The first kappa shape index (κ1) is 19.5. The first-order chi connectivity index (χ1) is 12.9. The lowest BCUT2D eigenvalue weighted by Gasteiger charge is -2.37. The number of nitrogens with zero attached hydrogens (tertiary/aromatic N) is 2. The molecule has 144 valence electrons. The Balaban J connectivity index is 1.89. The second-order valence-electron chi connectivity index (χ2n) is 7.38. The molecule has 3 rings (SSSR count). The van der Waals surface area contributed by atoms with E-state index in [1.54, 1.807) is 28.4 Å². The predicted molar refractivity (Wildman–Crippen MR) is 105 cm³/mol. The highest BCUT2D eigenvalue weighted by atomic mass is 32.1. The molecule has 1 aromatic heterocycles. The molecule has 2 aromatic rings. The van der Waals surface area contributed by atoms with Crippen LogP contribution >= 0.6 is 11.3 Å². The fourth-order valence-corrected chi connectivity index (χ4v) is 4.49. The number of hydrogen-bond donors (Lipinski definition) is 0. The van der Waals surface area contributed by atoms with Crippen molar-refractivity contribution in [3.8, 4) is 0 Å². The van der Waals surface area contributed by atoms with Crippen molar-refractivity contribution < 1.29 is 14.0 Å². The van der Waals surface area contributed by atoms with Gasteiger partial charge in [-0.05, 0) is 47.0 Å². The minimum atomic E-state index is -0.294. The second-order valence-corrected chi connectivity index (χ2v) is 8.38. The van der Waals surface area contributed by atoms with Crippen LogP contribution in [0.1, 0.15) is 42.8 Å². The van der Waals surface area contributed by atoms with Gasteiger partial charge < -0.3 is 9.80 Å². The summed E-state index contributed by atoms with van der Waals surface area (Å²) in [5.41, 5.74) is 1.99. The Hall–Kier alpha value is -2.21. The van der Waals surface area contributed by atoms with Crippen LogP contribution in [0.15, 0.2) is 35.7 Å². The predicted octanol–water partition coefficient (Wildman–Crippen LogP) is 3.87. The Morgan fingerprint density at radius 3 is 2.59 bits per heavy atom. The van der Waals surface area contributed by atoms with Crippen LogP contribution in [0.4, 0.5) is 4.39 Å².